The lowest BCUT2D eigenvalue weighted by Gasteiger charge is -2.27. The molecule has 1 aromatic rings. The van der Waals surface area contributed by atoms with Crippen molar-refractivity contribution in [2.75, 3.05) is 12.3 Å². The Morgan fingerprint density at radius 2 is 1.90 bits per heavy atom. The van der Waals surface area contributed by atoms with Crippen LogP contribution in [0.4, 0.5) is 5.69 Å². The van der Waals surface area contributed by atoms with Crippen LogP contribution in [0.5, 0.6) is 5.75 Å². The van der Waals surface area contributed by atoms with Crippen molar-refractivity contribution in [3.05, 3.63) is 59.8 Å². The maximum absolute atomic E-state index is 5.83. The third-order valence-electron chi connectivity index (χ3n) is 3.46. The second-order valence-corrected chi connectivity index (χ2v) is 4.83. The SMILES string of the molecule is Cl.Nc1ccc(OCC2NC=CC3=CCCC=C32)cc1. The van der Waals surface area contributed by atoms with Crippen molar-refractivity contribution in [1.29, 1.82) is 0 Å². The van der Waals surface area contributed by atoms with Gasteiger partial charge >= 0.3 is 0 Å². The molecule has 0 aromatic heterocycles. The molecule has 1 heterocycles. The Bertz CT molecular complexity index is 546. The second kappa shape index (κ2) is 6.53. The molecule has 0 spiro atoms. The monoisotopic (exact) mass is 290 g/mol. The molecule has 3 N–H and O–H groups in total. The van der Waals surface area contributed by atoms with Gasteiger partial charge in [-0.15, -0.1) is 12.4 Å². The van der Waals surface area contributed by atoms with Gasteiger partial charge in [-0.3, -0.25) is 0 Å². The summed E-state index contributed by atoms with van der Waals surface area (Å²) in [5.41, 5.74) is 9.10. The van der Waals surface area contributed by atoms with E-state index in [1.165, 1.54) is 11.1 Å². The minimum Gasteiger partial charge on any atom is -0.491 e. The number of ether oxygens (including phenoxy) is 1. The smallest absolute Gasteiger partial charge is 0.119 e. The summed E-state index contributed by atoms with van der Waals surface area (Å²) < 4.78 is 5.83. The molecule has 1 atom stereocenters. The van der Waals surface area contributed by atoms with Gasteiger partial charge in [-0.25, -0.2) is 0 Å². The van der Waals surface area contributed by atoms with Crippen molar-refractivity contribution in [3.8, 4) is 5.75 Å². The van der Waals surface area contributed by atoms with Crippen LogP contribution >= 0.6 is 12.4 Å². The van der Waals surface area contributed by atoms with Crippen LogP contribution in [-0.4, -0.2) is 12.6 Å². The number of benzene rings is 1. The Morgan fingerprint density at radius 3 is 2.70 bits per heavy atom. The molecule has 0 saturated heterocycles. The van der Waals surface area contributed by atoms with Gasteiger partial charge < -0.3 is 15.8 Å². The van der Waals surface area contributed by atoms with E-state index in [1.54, 1.807) is 0 Å². The number of nitrogen functional groups attached to an aromatic ring is 1. The number of anilines is 1. The molecule has 0 bridgehead atoms. The normalized spacial score (nSPS) is 19.9. The predicted octanol–water partition coefficient (Wildman–Crippen LogP) is 3.20. The standard InChI is InChI=1S/C16H18N2O.ClH/c17-13-5-7-14(8-6-13)19-11-16-15-4-2-1-3-12(15)9-10-18-16;/h3-10,16,18H,1-2,11,17H2;1H. The van der Waals surface area contributed by atoms with Gasteiger partial charge in [-0.05, 0) is 60.5 Å². The number of fused-ring (bicyclic) bond motifs is 1. The Kier molecular flexibility index (Phi) is 4.74. The molecule has 1 aliphatic carbocycles. The van der Waals surface area contributed by atoms with Gasteiger partial charge in [0.15, 0.2) is 0 Å². The van der Waals surface area contributed by atoms with Gasteiger partial charge in [0.1, 0.15) is 12.4 Å². The molecule has 3 nitrogen and oxygen atoms in total. The Labute approximate surface area is 125 Å². The van der Waals surface area contributed by atoms with Crippen LogP contribution in [0.15, 0.2) is 59.8 Å². The molecule has 4 heteroatoms. The summed E-state index contributed by atoms with van der Waals surface area (Å²) in [5, 5.41) is 3.36. The van der Waals surface area contributed by atoms with Gasteiger partial charge in [0.05, 0.1) is 6.04 Å². The maximum Gasteiger partial charge on any atom is 0.119 e. The van der Waals surface area contributed by atoms with Crippen molar-refractivity contribution >= 4 is 18.1 Å². The first kappa shape index (κ1) is 14.5. The van der Waals surface area contributed by atoms with E-state index in [0.29, 0.717) is 6.61 Å². The molecule has 0 saturated carbocycles. The Balaban J connectivity index is 0.00000147. The largest absolute Gasteiger partial charge is 0.491 e. The van der Waals surface area contributed by atoms with Gasteiger partial charge in [-0.2, -0.15) is 0 Å². The van der Waals surface area contributed by atoms with Crippen molar-refractivity contribution in [2.45, 2.75) is 18.9 Å². The number of halogens is 1. The fourth-order valence-corrected chi connectivity index (χ4v) is 2.45. The first-order valence-electron chi connectivity index (χ1n) is 6.64. The summed E-state index contributed by atoms with van der Waals surface area (Å²) in [4.78, 5) is 0. The molecule has 106 valence electrons. The second-order valence-electron chi connectivity index (χ2n) is 4.83. The number of rotatable bonds is 3. The zero-order valence-electron chi connectivity index (χ0n) is 11.2. The molecule has 1 aliphatic heterocycles. The van der Waals surface area contributed by atoms with Crippen molar-refractivity contribution in [2.24, 2.45) is 0 Å². The van der Waals surface area contributed by atoms with E-state index in [-0.39, 0.29) is 18.4 Å². The zero-order chi connectivity index (χ0) is 13.1. The number of nitrogens with two attached hydrogens (primary N) is 1. The lowest BCUT2D eigenvalue weighted by molar-refractivity contribution is 0.289. The third kappa shape index (κ3) is 3.17. The van der Waals surface area contributed by atoms with Crippen LogP contribution in [0.1, 0.15) is 12.8 Å². The zero-order valence-corrected chi connectivity index (χ0v) is 12.0. The average Bonchev–Trinajstić information content (AvgIpc) is 2.47. The average molecular weight is 291 g/mol. The van der Waals surface area contributed by atoms with Crippen LogP contribution in [0.2, 0.25) is 0 Å². The topological polar surface area (TPSA) is 47.3 Å². The molecule has 3 rings (SSSR count). The van der Waals surface area contributed by atoms with Crippen LogP contribution in [0, 0.1) is 0 Å². The third-order valence-corrected chi connectivity index (χ3v) is 3.46. The Morgan fingerprint density at radius 1 is 1.15 bits per heavy atom. The highest BCUT2D eigenvalue weighted by Crippen LogP contribution is 2.26. The summed E-state index contributed by atoms with van der Waals surface area (Å²) in [6.45, 7) is 0.622. The van der Waals surface area contributed by atoms with E-state index in [1.807, 2.05) is 30.5 Å². The Hall–Kier alpha value is -1.87. The van der Waals surface area contributed by atoms with Crippen LogP contribution in [0.25, 0.3) is 0 Å². The van der Waals surface area contributed by atoms with E-state index >= 15 is 0 Å². The summed E-state index contributed by atoms with van der Waals surface area (Å²) >= 11 is 0. The van der Waals surface area contributed by atoms with Crippen molar-refractivity contribution in [3.63, 3.8) is 0 Å². The molecule has 1 aromatic carbocycles. The van der Waals surface area contributed by atoms with Gasteiger partial charge in [0.25, 0.3) is 0 Å². The van der Waals surface area contributed by atoms with Crippen LogP contribution < -0.4 is 15.8 Å². The highest BCUT2D eigenvalue weighted by molar-refractivity contribution is 5.85. The lowest BCUT2D eigenvalue weighted by Crippen LogP contribution is -2.36. The summed E-state index contributed by atoms with van der Waals surface area (Å²) in [6.07, 6.45) is 11.0. The molecule has 0 amide bonds. The molecule has 0 radical (unpaired) electrons. The summed E-state index contributed by atoms with van der Waals surface area (Å²) in [6, 6.07) is 7.75. The predicted molar refractivity (Wildman–Crippen MR) is 85.1 cm³/mol. The quantitative estimate of drug-likeness (QED) is 0.841. The van der Waals surface area contributed by atoms with Crippen LogP contribution in [-0.2, 0) is 0 Å². The van der Waals surface area contributed by atoms with Gasteiger partial charge in [-0.1, -0.05) is 12.2 Å². The molecular weight excluding hydrogens is 272 g/mol. The van der Waals surface area contributed by atoms with E-state index < -0.39 is 0 Å². The summed E-state index contributed by atoms with van der Waals surface area (Å²) in [7, 11) is 0. The summed E-state index contributed by atoms with van der Waals surface area (Å²) in [5.74, 6) is 0.854. The van der Waals surface area contributed by atoms with Gasteiger partial charge in [0.2, 0.25) is 0 Å². The van der Waals surface area contributed by atoms with E-state index in [4.69, 9.17) is 10.5 Å². The lowest BCUT2D eigenvalue weighted by atomic mass is 9.90. The van der Waals surface area contributed by atoms with E-state index in [0.717, 1.165) is 24.3 Å². The molecule has 2 aliphatic rings. The molecule has 0 fully saturated rings. The fourth-order valence-electron chi connectivity index (χ4n) is 2.45. The first-order valence-corrected chi connectivity index (χ1v) is 6.64. The van der Waals surface area contributed by atoms with Crippen LogP contribution in [0.3, 0.4) is 0 Å². The highest BCUT2D eigenvalue weighted by Gasteiger charge is 2.20. The van der Waals surface area contributed by atoms with Gasteiger partial charge in [0, 0.05) is 5.69 Å². The fraction of sp³-hybridized carbons (Fsp3) is 0.250. The molecule has 1 unspecified atom stereocenters. The number of hydrogen-bond acceptors (Lipinski definition) is 3. The number of hydrogen-bond donors (Lipinski definition) is 2. The maximum atomic E-state index is 5.83. The minimum atomic E-state index is 0. The molecular formula is C16H19ClN2O. The van der Waals surface area contributed by atoms with Crippen molar-refractivity contribution in [1.82, 2.24) is 5.32 Å². The first-order chi connectivity index (χ1) is 9.33. The highest BCUT2D eigenvalue weighted by atomic mass is 35.5. The van der Waals surface area contributed by atoms with Crippen molar-refractivity contribution < 1.29 is 4.74 Å². The molecule has 20 heavy (non-hydrogen) atoms. The number of allylic oxidation sites excluding steroid dienone is 3. The minimum absolute atomic E-state index is 0. The van der Waals surface area contributed by atoms with E-state index in [2.05, 4.69) is 23.5 Å². The van der Waals surface area contributed by atoms with E-state index in [9.17, 15) is 0 Å². The number of nitrogens with one attached hydrogen (secondary N) is 1.